The molecule has 0 spiro atoms. The van der Waals surface area contributed by atoms with Crippen LogP contribution in [0, 0.1) is 6.92 Å². The normalized spacial score (nSPS) is 12.7. The molecular weight excluding hydrogens is 278 g/mol. The molecule has 2 aromatic rings. The Morgan fingerprint density at radius 2 is 2.32 bits per heavy atom. The van der Waals surface area contributed by atoms with E-state index in [-0.39, 0.29) is 12.6 Å². The smallest absolute Gasteiger partial charge is 0.117 e. The topological polar surface area (TPSA) is 54.4 Å². The first kappa shape index (κ1) is 16.5. The zero-order valence-electron chi connectivity index (χ0n) is 13.4. The lowest BCUT2D eigenvalue weighted by Crippen LogP contribution is -2.36. The monoisotopic (exact) mass is 303 g/mol. The molecule has 0 saturated carbocycles. The van der Waals surface area contributed by atoms with E-state index in [0.29, 0.717) is 13.1 Å². The van der Waals surface area contributed by atoms with E-state index >= 15 is 0 Å². The third-order valence-corrected chi connectivity index (χ3v) is 3.88. The zero-order chi connectivity index (χ0) is 15.9. The number of aliphatic hydroxyl groups is 1. The molecule has 5 nitrogen and oxygen atoms in total. The first-order chi connectivity index (χ1) is 10.7. The van der Waals surface area contributed by atoms with Gasteiger partial charge in [0.2, 0.25) is 0 Å². The van der Waals surface area contributed by atoms with Crippen molar-refractivity contribution in [1.82, 2.24) is 14.7 Å². The summed E-state index contributed by atoms with van der Waals surface area (Å²) in [6.07, 6.45) is 6.45. The Bertz CT molecular complexity index is 571. The number of hydrogen-bond acceptors (Lipinski definition) is 4. The first-order valence-corrected chi connectivity index (χ1v) is 7.69. The number of aryl methyl sites for hydroxylation is 1. The van der Waals surface area contributed by atoms with E-state index in [2.05, 4.69) is 29.7 Å². The van der Waals surface area contributed by atoms with Gasteiger partial charge in [-0.05, 0) is 25.5 Å². The molecule has 0 aliphatic heterocycles. The Labute approximate surface area is 131 Å². The maximum absolute atomic E-state index is 9.66. The van der Waals surface area contributed by atoms with Crippen molar-refractivity contribution in [3.63, 3.8) is 0 Å². The lowest BCUT2D eigenvalue weighted by atomic mass is 10.1. The molecule has 0 fully saturated rings. The van der Waals surface area contributed by atoms with Crippen LogP contribution in [0.4, 0.5) is 0 Å². The fraction of sp³-hybridized carbons (Fsp3) is 0.471. The van der Waals surface area contributed by atoms with Gasteiger partial charge in [0.1, 0.15) is 5.76 Å². The number of aliphatic hydroxyl groups excluding tert-OH is 1. The standard InChI is InChI=1S/C17H25N3O2/c1-4-8-20-11-15(14(3)18-20)10-19(16(5-2)13-21)12-17-7-6-9-22-17/h4,6-7,9,11,16,21H,1,5,8,10,12-13H2,2-3H3/t16-/m1/s1. The molecule has 1 N–H and O–H groups in total. The van der Waals surface area contributed by atoms with Crippen LogP contribution in [0.2, 0.25) is 0 Å². The summed E-state index contributed by atoms with van der Waals surface area (Å²) in [5.74, 6) is 0.906. The molecule has 2 rings (SSSR count). The van der Waals surface area contributed by atoms with E-state index in [1.54, 1.807) is 6.26 Å². The predicted molar refractivity (Wildman–Crippen MR) is 86.3 cm³/mol. The summed E-state index contributed by atoms with van der Waals surface area (Å²) in [5.41, 5.74) is 2.18. The predicted octanol–water partition coefficient (Wildman–Crippen LogP) is 2.74. The summed E-state index contributed by atoms with van der Waals surface area (Å²) in [6, 6.07) is 3.96. The second-order valence-electron chi connectivity index (χ2n) is 5.48. The molecule has 2 heterocycles. The molecule has 0 saturated heterocycles. The van der Waals surface area contributed by atoms with Crippen molar-refractivity contribution in [3.8, 4) is 0 Å². The Morgan fingerprint density at radius 1 is 1.50 bits per heavy atom. The molecule has 0 unspecified atom stereocenters. The molecule has 1 atom stereocenters. The fourth-order valence-corrected chi connectivity index (χ4v) is 2.58. The van der Waals surface area contributed by atoms with E-state index in [0.717, 1.165) is 24.4 Å². The van der Waals surface area contributed by atoms with Crippen molar-refractivity contribution in [1.29, 1.82) is 0 Å². The van der Waals surface area contributed by atoms with E-state index in [4.69, 9.17) is 4.42 Å². The maximum atomic E-state index is 9.66. The number of rotatable bonds is 9. The molecular formula is C17H25N3O2. The van der Waals surface area contributed by atoms with Crippen molar-refractivity contribution in [2.75, 3.05) is 6.61 Å². The van der Waals surface area contributed by atoms with Crippen molar-refractivity contribution < 1.29 is 9.52 Å². The summed E-state index contributed by atoms with van der Waals surface area (Å²) in [6.45, 7) is 10.1. The molecule has 22 heavy (non-hydrogen) atoms. The third kappa shape index (κ3) is 4.08. The van der Waals surface area contributed by atoms with E-state index in [1.807, 2.05) is 29.8 Å². The summed E-state index contributed by atoms with van der Waals surface area (Å²) in [7, 11) is 0. The first-order valence-electron chi connectivity index (χ1n) is 7.69. The highest BCUT2D eigenvalue weighted by Gasteiger charge is 2.19. The Kier molecular flexibility index (Phi) is 5.98. The fourth-order valence-electron chi connectivity index (χ4n) is 2.58. The van der Waals surface area contributed by atoms with Gasteiger partial charge in [0.15, 0.2) is 0 Å². The molecule has 5 heteroatoms. The number of aromatic nitrogens is 2. The summed E-state index contributed by atoms with van der Waals surface area (Å²) < 4.78 is 7.35. The number of hydrogen-bond donors (Lipinski definition) is 1. The van der Waals surface area contributed by atoms with Gasteiger partial charge in [-0.3, -0.25) is 9.58 Å². The summed E-state index contributed by atoms with van der Waals surface area (Å²) in [5, 5.41) is 14.1. The van der Waals surface area contributed by atoms with Crippen molar-refractivity contribution >= 4 is 0 Å². The van der Waals surface area contributed by atoms with Crippen LogP contribution >= 0.6 is 0 Å². The molecule has 0 aliphatic carbocycles. The molecule has 0 radical (unpaired) electrons. The summed E-state index contributed by atoms with van der Waals surface area (Å²) in [4.78, 5) is 2.24. The molecule has 120 valence electrons. The van der Waals surface area contributed by atoms with E-state index in [1.165, 1.54) is 5.56 Å². The number of nitrogens with zero attached hydrogens (tertiary/aromatic N) is 3. The van der Waals surface area contributed by atoms with Gasteiger partial charge in [0, 0.05) is 24.3 Å². The molecule has 0 aromatic carbocycles. The van der Waals surface area contributed by atoms with Gasteiger partial charge >= 0.3 is 0 Å². The zero-order valence-corrected chi connectivity index (χ0v) is 13.4. The lowest BCUT2D eigenvalue weighted by molar-refractivity contribution is 0.0997. The van der Waals surface area contributed by atoms with Crippen molar-refractivity contribution in [2.45, 2.75) is 45.9 Å². The minimum atomic E-state index is 0.104. The number of furan rings is 1. The molecule has 0 amide bonds. The van der Waals surface area contributed by atoms with Gasteiger partial charge in [0.25, 0.3) is 0 Å². The average molecular weight is 303 g/mol. The molecule has 0 aliphatic rings. The minimum absolute atomic E-state index is 0.104. The largest absolute Gasteiger partial charge is 0.468 e. The van der Waals surface area contributed by atoms with Gasteiger partial charge in [-0.2, -0.15) is 5.10 Å². The maximum Gasteiger partial charge on any atom is 0.117 e. The van der Waals surface area contributed by atoms with Crippen LogP contribution in [0.25, 0.3) is 0 Å². The second-order valence-corrected chi connectivity index (χ2v) is 5.48. The van der Waals surface area contributed by atoms with Crippen LogP contribution in [0.3, 0.4) is 0 Å². The Balaban J connectivity index is 2.16. The van der Waals surface area contributed by atoms with Crippen molar-refractivity contribution in [2.24, 2.45) is 0 Å². The van der Waals surface area contributed by atoms with Gasteiger partial charge in [-0.15, -0.1) is 6.58 Å². The van der Waals surface area contributed by atoms with E-state index in [9.17, 15) is 5.11 Å². The van der Waals surface area contributed by atoms with Crippen LogP contribution in [0.1, 0.15) is 30.4 Å². The van der Waals surface area contributed by atoms with Crippen LogP contribution in [-0.4, -0.2) is 32.4 Å². The molecule has 0 bridgehead atoms. The van der Waals surface area contributed by atoms with Crippen LogP contribution < -0.4 is 0 Å². The van der Waals surface area contributed by atoms with Crippen molar-refractivity contribution in [3.05, 3.63) is 54.3 Å². The van der Waals surface area contributed by atoms with Gasteiger partial charge in [-0.1, -0.05) is 13.0 Å². The van der Waals surface area contributed by atoms with E-state index < -0.39 is 0 Å². The average Bonchev–Trinajstić information content (AvgIpc) is 3.11. The highest BCUT2D eigenvalue weighted by Crippen LogP contribution is 2.17. The highest BCUT2D eigenvalue weighted by atomic mass is 16.3. The van der Waals surface area contributed by atoms with Gasteiger partial charge in [0.05, 0.1) is 31.7 Å². The lowest BCUT2D eigenvalue weighted by Gasteiger charge is -2.28. The van der Waals surface area contributed by atoms with Gasteiger partial charge < -0.3 is 9.52 Å². The second kappa shape index (κ2) is 7.96. The Hall–Kier alpha value is -1.85. The van der Waals surface area contributed by atoms with Gasteiger partial charge in [-0.25, -0.2) is 0 Å². The minimum Gasteiger partial charge on any atom is -0.468 e. The SMILES string of the molecule is C=CCn1cc(CN(Cc2ccco2)[C@H](CC)CO)c(C)n1. The number of allylic oxidation sites excluding steroid dienone is 1. The highest BCUT2D eigenvalue weighted by molar-refractivity contribution is 5.16. The summed E-state index contributed by atoms with van der Waals surface area (Å²) >= 11 is 0. The van der Waals surface area contributed by atoms with Crippen LogP contribution in [-0.2, 0) is 19.6 Å². The quantitative estimate of drug-likeness (QED) is 0.724. The third-order valence-electron chi connectivity index (χ3n) is 3.88. The van der Waals surface area contributed by atoms with Crippen LogP contribution in [0.5, 0.6) is 0 Å². The van der Waals surface area contributed by atoms with Crippen LogP contribution in [0.15, 0.2) is 41.7 Å². The Morgan fingerprint density at radius 3 is 2.91 bits per heavy atom. The molecule has 2 aromatic heterocycles.